The fraction of sp³-hybridized carbons (Fsp3) is 0.120. The fourth-order valence-corrected chi connectivity index (χ4v) is 6.27. The summed E-state index contributed by atoms with van der Waals surface area (Å²) in [5.74, 6) is -0.0857. The molecule has 0 bridgehead atoms. The first-order chi connectivity index (χ1) is 16.5. The molecule has 3 aromatic heterocycles. The van der Waals surface area contributed by atoms with Crippen LogP contribution in [0.15, 0.2) is 76.5 Å². The first kappa shape index (κ1) is 22.5. The van der Waals surface area contributed by atoms with Crippen molar-refractivity contribution in [2.45, 2.75) is 18.6 Å². The van der Waals surface area contributed by atoms with Gasteiger partial charge >= 0.3 is 0 Å². The summed E-state index contributed by atoms with van der Waals surface area (Å²) in [5, 5.41) is 6.47. The van der Waals surface area contributed by atoms with Crippen molar-refractivity contribution in [2.75, 3.05) is 11.1 Å². The number of nitrogens with zero attached hydrogens (tertiary/aromatic N) is 3. The van der Waals surface area contributed by atoms with Crippen LogP contribution in [-0.4, -0.2) is 26.2 Å². The predicted octanol–water partition coefficient (Wildman–Crippen LogP) is 5.96. The standard InChI is InChI=1S/C25H20N4O2S3/c1-3-11-29-23(31)21-17(16-7-5-4-6-8-16)13-32-22(21)28-25(29)33-14-20(30)27-24-26-18-12-15(2)9-10-19(18)34-24/h3-10,12-13H,1,11,14H2,2H3,(H,26,27,30). The zero-order valence-electron chi connectivity index (χ0n) is 18.3. The van der Waals surface area contributed by atoms with Gasteiger partial charge < -0.3 is 5.32 Å². The Hall–Kier alpha value is -3.27. The van der Waals surface area contributed by atoms with E-state index in [-0.39, 0.29) is 17.2 Å². The molecular formula is C25H20N4O2S3. The third-order valence-electron chi connectivity index (χ3n) is 5.18. The maximum absolute atomic E-state index is 13.4. The molecule has 170 valence electrons. The van der Waals surface area contributed by atoms with Crippen molar-refractivity contribution in [3.8, 4) is 11.1 Å². The van der Waals surface area contributed by atoms with Gasteiger partial charge in [-0.15, -0.1) is 17.9 Å². The van der Waals surface area contributed by atoms with E-state index >= 15 is 0 Å². The number of aromatic nitrogens is 3. The number of anilines is 1. The van der Waals surface area contributed by atoms with E-state index in [9.17, 15) is 9.59 Å². The summed E-state index contributed by atoms with van der Waals surface area (Å²) in [6.45, 7) is 6.11. The van der Waals surface area contributed by atoms with Gasteiger partial charge in [-0.05, 0) is 30.2 Å². The van der Waals surface area contributed by atoms with Crippen molar-refractivity contribution in [3.05, 3.63) is 82.5 Å². The number of rotatable bonds is 7. The summed E-state index contributed by atoms with van der Waals surface area (Å²) in [7, 11) is 0. The van der Waals surface area contributed by atoms with Crippen molar-refractivity contribution >= 4 is 65.9 Å². The van der Waals surface area contributed by atoms with Crippen LogP contribution in [0.3, 0.4) is 0 Å². The van der Waals surface area contributed by atoms with Crippen molar-refractivity contribution < 1.29 is 4.79 Å². The van der Waals surface area contributed by atoms with Gasteiger partial charge in [-0.2, -0.15) is 0 Å². The highest BCUT2D eigenvalue weighted by molar-refractivity contribution is 7.99. The molecule has 0 fully saturated rings. The van der Waals surface area contributed by atoms with Gasteiger partial charge in [0.2, 0.25) is 5.91 Å². The second kappa shape index (κ2) is 9.54. The first-order valence-electron chi connectivity index (χ1n) is 10.5. The zero-order valence-corrected chi connectivity index (χ0v) is 20.7. The summed E-state index contributed by atoms with van der Waals surface area (Å²) >= 11 is 4.10. The van der Waals surface area contributed by atoms with Crippen LogP contribution < -0.4 is 10.9 Å². The summed E-state index contributed by atoms with van der Waals surface area (Å²) < 4.78 is 2.60. The molecule has 0 aliphatic carbocycles. The van der Waals surface area contributed by atoms with Crippen LogP contribution in [0.25, 0.3) is 31.6 Å². The molecule has 3 heterocycles. The smallest absolute Gasteiger partial charge is 0.263 e. The molecule has 5 rings (SSSR count). The van der Waals surface area contributed by atoms with Gasteiger partial charge in [-0.25, -0.2) is 9.97 Å². The van der Waals surface area contributed by atoms with Gasteiger partial charge in [-0.3, -0.25) is 14.2 Å². The van der Waals surface area contributed by atoms with E-state index in [0.29, 0.717) is 27.0 Å². The summed E-state index contributed by atoms with van der Waals surface area (Å²) in [6, 6.07) is 15.8. The number of carbonyl (C=O) groups excluding carboxylic acids is 1. The Morgan fingerprint density at radius 2 is 2.03 bits per heavy atom. The molecule has 1 amide bonds. The summed E-state index contributed by atoms with van der Waals surface area (Å²) in [6.07, 6.45) is 1.66. The van der Waals surface area contributed by atoms with Crippen molar-refractivity contribution in [3.63, 3.8) is 0 Å². The molecule has 0 spiro atoms. The molecule has 9 heteroatoms. The first-order valence-corrected chi connectivity index (χ1v) is 13.2. The van der Waals surface area contributed by atoms with Gasteiger partial charge in [0, 0.05) is 17.5 Å². The Balaban J connectivity index is 1.40. The average Bonchev–Trinajstić information content (AvgIpc) is 3.43. The molecule has 34 heavy (non-hydrogen) atoms. The van der Waals surface area contributed by atoms with Crippen LogP contribution in [0, 0.1) is 6.92 Å². The van der Waals surface area contributed by atoms with E-state index in [1.807, 2.05) is 60.8 Å². The number of fused-ring (bicyclic) bond motifs is 2. The maximum Gasteiger partial charge on any atom is 0.263 e. The Labute approximate surface area is 208 Å². The number of hydrogen-bond donors (Lipinski definition) is 1. The SMILES string of the molecule is C=CCn1c(SCC(=O)Nc2nc3cc(C)ccc3s2)nc2scc(-c3ccccc3)c2c1=O. The van der Waals surface area contributed by atoms with Crippen LogP contribution in [-0.2, 0) is 11.3 Å². The Bertz CT molecular complexity index is 1580. The normalized spacial score (nSPS) is 11.2. The fourth-order valence-electron chi connectivity index (χ4n) is 3.61. The second-order valence-electron chi connectivity index (χ2n) is 7.62. The number of benzene rings is 2. The van der Waals surface area contributed by atoms with Crippen LogP contribution in [0.5, 0.6) is 0 Å². The van der Waals surface area contributed by atoms with Gasteiger partial charge in [0.05, 0.1) is 21.4 Å². The van der Waals surface area contributed by atoms with E-state index < -0.39 is 0 Å². The van der Waals surface area contributed by atoms with Crippen LogP contribution >= 0.6 is 34.4 Å². The van der Waals surface area contributed by atoms with E-state index in [2.05, 4.69) is 16.9 Å². The minimum absolute atomic E-state index is 0.112. The molecule has 2 aromatic carbocycles. The highest BCUT2D eigenvalue weighted by Crippen LogP contribution is 2.32. The second-order valence-corrected chi connectivity index (χ2v) is 10.5. The van der Waals surface area contributed by atoms with E-state index in [0.717, 1.165) is 26.9 Å². The molecule has 0 unspecified atom stereocenters. The molecule has 6 nitrogen and oxygen atoms in total. The van der Waals surface area contributed by atoms with Gasteiger partial charge in [0.25, 0.3) is 5.56 Å². The van der Waals surface area contributed by atoms with E-state index in [4.69, 9.17) is 4.98 Å². The highest BCUT2D eigenvalue weighted by Gasteiger charge is 2.18. The Kier molecular flexibility index (Phi) is 6.32. The quantitative estimate of drug-likeness (QED) is 0.168. The third-order valence-corrected chi connectivity index (χ3v) is 7.98. The number of allylic oxidation sites excluding steroid dienone is 1. The summed E-state index contributed by atoms with van der Waals surface area (Å²) in [4.78, 5) is 35.9. The zero-order chi connectivity index (χ0) is 23.7. The van der Waals surface area contributed by atoms with E-state index in [1.54, 1.807) is 10.6 Å². The lowest BCUT2D eigenvalue weighted by Gasteiger charge is -2.10. The Morgan fingerprint density at radius 1 is 1.21 bits per heavy atom. The molecule has 0 atom stereocenters. The number of amides is 1. The number of thioether (sulfide) groups is 1. The van der Waals surface area contributed by atoms with Gasteiger partial charge in [-0.1, -0.05) is 65.6 Å². The number of nitrogens with one attached hydrogen (secondary N) is 1. The molecular weight excluding hydrogens is 485 g/mol. The third kappa shape index (κ3) is 4.42. The lowest BCUT2D eigenvalue weighted by Crippen LogP contribution is -2.23. The minimum Gasteiger partial charge on any atom is -0.301 e. The van der Waals surface area contributed by atoms with Crippen molar-refractivity contribution in [1.29, 1.82) is 0 Å². The number of thiazole rings is 1. The van der Waals surface area contributed by atoms with Gasteiger partial charge in [0.1, 0.15) is 4.83 Å². The molecule has 0 aliphatic rings. The van der Waals surface area contributed by atoms with Gasteiger partial charge in [0.15, 0.2) is 10.3 Å². The summed E-state index contributed by atoms with van der Waals surface area (Å²) in [5.41, 5.74) is 3.71. The number of hydrogen-bond acceptors (Lipinski definition) is 7. The molecule has 1 N–H and O–H groups in total. The topological polar surface area (TPSA) is 76.9 Å². The number of carbonyl (C=O) groups is 1. The largest absolute Gasteiger partial charge is 0.301 e. The molecule has 0 saturated heterocycles. The van der Waals surface area contributed by atoms with Crippen LogP contribution in [0.2, 0.25) is 0 Å². The monoisotopic (exact) mass is 504 g/mol. The minimum atomic E-state index is -0.198. The van der Waals surface area contributed by atoms with E-state index in [1.165, 1.54) is 34.4 Å². The maximum atomic E-state index is 13.4. The predicted molar refractivity (Wildman–Crippen MR) is 143 cm³/mol. The molecule has 0 radical (unpaired) electrons. The molecule has 5 aromatic rings. The lowest BCUT2D eigenvalue weighted by atomic mass is 10.1. The van der Waals surface area contributed by atoms with Crippen LogP contribution in [0.4, 0.5) is 5.13 Å². The lowest BCUT2D eigenvalue weighted by molar-refractivity contribution is -0.113. The van der Waals surface area contributed by atoms with Crippen molar-refractivity contribution in [1.82, 2.24) is 14.5 Å². The van der Waals surface area contributed by atoms with Crippen LogP contribution in [0.1, 0.15) is 5.56 Å². The number of thiophene rings is 1. The highest BCUT2D eigenvalue weighted by atomic mass is 32.2. The average molecular weight is 505 g/mol. The Morgan fingerprint density at radius 3 is 2.82 bits per heavy atom. The van der Waals surface area contributed by atoms with Crippen molar-refractivity contribution in [2.24, 2.45) is 0 Å². The number of aryl methyl sites for hydroxylation is 1. The molecule has 0 saturated carbocycles. The molecule has 0 aliphatic heterocycles.